The molecule has 1 aliphatic rings. The van der Waals surface area contributed by atoms with Crippen molar-refractivity contribution in [1.82, 2.24) is 14.9 Å². The van der Waals surface area contributed by atoms with E-state index in [0.717, 1.165) is 25.2 Å². The number of aliphatic hydroxyl groups is 1. The van der Waals surface area contributed by atoms with Crippen LogP contribution in [0.3, 0.4) is 0 Å². The Morgan fingerprint density at radius 2 is 2.44 bits per heavy atom. The summed E-state index contributed by atoms with van der Waals surface area (Å²) < 4.78 is 2.06. The van der Waals surface area contributed by atoms with Gasteiger partial charge in [-0.15, -0.1) is 0 Å². The molecule has 0 spiro atoms. The van der Waals surface area contributed by atoms with Gasteiger partial charge in [-0.3, -0.25) is 0 Å². The van der Waals surface area contributed by atoms with Gasteiger partial charge in [0.2, 0.25) is 0 Å². The van der Waals surface area contributed by atoms with Crippen LogP contribution in [-0.4, -0.2) is 33.9 Å². The fourth-order valence-corrected chi connectivity index (χ4v) is 2.53. The van der Waals surface area contributed by atoms with Crippen LogP contribution in [0.1, 0.15) is 25.1 Å². The highest BCUT2D eigenvalue weighted by Gasteiger charge is 2.25. The third-order valence-corrected chi connectivity index (χ3v) is 3.57. The summed E-state index contributed by atoms with van der Waals surface area (Å²) in [6.07, 6.45) is 8.37. The molecular weight excluding hydrogens is 202 g/mol. The summed E-state index contributed by atoms with van der Waals surface area (Å²) in [5, 5.41) is 12.7. The van der Waals surface area contributed by atoms with Gasteiger partial charge in [-0.1, -0.05) is 6.42 Å². The molecule has 0 aliphatic heterocycles. The van der Waals surface area contributed by atoms with Crippen LogP contribution >= 0.6 is 0 Å². The number of rotatable bonds is 5. The van der Waals surface area contributed by atoms with E-state index in [2.05, 4.69) is 14.9 Å². The van der Waals surface area contributed by atoms with Crippen LogP contribution in [0.5, 0.6) is 0 Å². The summed E-state index contributed by atoms with van der Waals surface area (Å²) in [5.74, 6) is 1.58. The minimum Gasteiger partial charge on any atom is -0.396 e. The molecule has 2 rings (SSSR count). The molecular formula is C12H21N3O. The van der Waals surface area contributed by atoms with Crippen LogP contribution in [0.15, 0.2) is 12.4 Å². The summed E-state index contributed by atoms with van der Waals surface area (Å²) in [4.78, 5) is 4.29. The van der Waals surface area contributed by atoms with E-state index >= 15 is 0 Å². The van der Waals surface area contributed by atoms with Gasteiger partial charge < -0.3 is 15.0 Å². The SMILES string of the molecule is Cn1ccnc1CCNC1CCCC1CO. The van der Waals surface area contributed by atoms with Gasteiger partial charge in [-0.2, -0.15) is 0 Å². The number of aryl methyl sites for hydroxylation is 1. The van der Waals surface area contributed by atoms with Crippen molar-refractivity contribution in [2.24, 2.45) is 13.0 Å². The minimum atomic E-state index is 0.320. The van der Waals surface area contributed by atoms with Gasteiger partial charge in [-0.05, 0) is 18.8 Å². The predicted molar refractivity (Wildman–Crippen MR) is 63.1 cm³/mol. The highest BCUT2D eigenvalue weighted by molar-refractivity contribution is 4.92. The van der Waals surface area contributed by atoms with E-state index in [4.69, 9.17) is 0 Å². The van der Waals surface area contributed by atoms with Crippen molar-refractivity contribution in [1.29, 1.82) is 0 Å². The molecule has 1 aromatic heterocycles. The Morgan fingerprint density at radius 3 is 3.12 bits per heavy atom. The summed E-state index contributed by atoms with van der Waals surface area (Å²) in [6.45, 7) is 1.27. The summed E-state index contributed by atoms with van der Waals surface area (Å²) in [5.41, 5.74) is 0. The first kappa shape index (κ1) is 11.6. The second kappa shape index (κ2) is 5.46. The molecule has 2 atom stereocenters. The largest absolute Gasteiger partial charge is 0.396 e. The number of nitrogens with zero attached hydrogens (tertiary/aromatic N) is 2. The molecule has 1 aromatic rings. The number of aliphatic hydroxyl groups excluding tert-OH is 1. The molecule has 1 heterocycles. The van der Waals surface area contributed by atoms with Crippen LogP contribution in [0.25, 0.3) is 0 Å². The Kier molecular flexibility index (Phi) is 3.96. The average Bonchev–Trinajstić information content (AvgIpc) is 2.88. The zero-order chi connectivity index (χ0) is 11.4. The fraction of sp³-hybridized carbons (Fsp3) is 0.750. The zero-order valence-corrected chi connectivity index (χ0v) is 9.89. The van der Waals surface area contributed by atoms with Crippen LogP contribution in [-0.2, 0) is 13.5 Å². The molecule has 0 saturated heterocycles. The van der Waals surface area contributed by atoms with Gasteiger partial charge in [-0.25, -0.2) is 4.98 Å². The molecule has 0 bridgehead atoms. The van der Waals surface area contributed by atoms with E-state index in [-0.39, 0.29) is 0 Å². The maximum absolute atomic E-state index is 9.21. The number of imidazole rings is 1. The Morgan fingerprint density at radius 1 is 1.56 bits per heavy atom. The lowest BCUT2D eigenvalue weighted by atomic mass is 10.1. The number of hydrogen-bond acceptors (Lipinski definition) is 3. The molecule has 1 saturated carbocycles. The molecule has 1 fully saturated rings. The van der Waals surface area contributed by atoms with Crippen molar-refractivity contribution in [3.8, 4) is 0 Å². The van der Waals surface area contributed by atoms with Crippen molar-refractivity contribution in [3.63, 3.8) is 0 Å². The molecule has 4 heteroatoms. The molecule has 90 valence electrons. The van der Waals surface area contributed by atoms with Crippen LogP contribution in [0.2, 0.25) is 0 Å². The van der Waals surface area contributed by atoms with E-state index in [1.54, 1.807) is 0 Å². The highest BCUT2D eigenvalue weighted by Crippen LogP contribution is 2.24. The molecule has 2 N–H and O–H groups in total. The Labute approximate surface area is 96.7 Å². The van der Waals surface area contributed by atoms with E-state index in [1.165, 1.54) is 12.8 Å². The van der Waals surface area contributed by atoms with Gasteiger partial charge in [0.15, 0.2) is 0 Å². The summed E-state index contributed by atoms with van der Waals surface area (Å²) in [7, 11) is 2.02. The molecule has 1 aliphatic carbocycles. The molecule has 16 heavy (non-hydrogen) atoms. The Hall–Kier alpha value is -0.870. The quantitative estimate of drug-likeness (QED) is 0.773. The van der Waals surface area contributed by atoms with E-state index in [0.29, 0.717) is 18.6 Å². The monoisotopic (exact) mass is 223 g/mol. The van der Waals surface area contributed by atoms with Gasteiger partial charge in [0.05, 0.1) is 0 Å². The molecule has 0 aromatic carbocycles. The van der Waals surface area contributed by atoms with Gasteiger partial charge in [0, 0.05) is 45.1 Å². The first-order valence-electron chi connectivity index (χ1n) is 6.11. The van der Waals surface area contributed by atoms with Gasteiger partial charge in [0.25, 0.3) is 0 Å². The normalized spacial score (nSPS) is 25.1. The van der Waals surface area contributed by atoms with E-state index in [9.17, 15) is 5.11 Å². The minimum absolute atomic E-state index is 0.320. The van der Waals surface area contributed by atoms with Gasteiger partial charge in [0.1, 0.15) is 5.82 Å². The van der Waals surface area contributed by atoms with Crippen LogP contribution in [0.4, 0.5) is 0 Å². The van der Waals surface area contributed by atoms with E-state index < -0.39 is 0 Å². The molecule has 4 nitrogen and oxygen atoms in total. The second-order valence-electron chi connectivity index (χ2n) is 4.64. The first-order valence-corrected chi connectivity index (χ1v) is 6.11. The predicted octanol–water partition coefficient (Wildman–Crippen LogP) is 0.713. The molecule has 0 radical (unpaired) electrons. The smallest absolute Gasteiger partial charge is 0.109 e. The fourth-order valence-electron chi connectivity index (χ4n) is 2.53. The average molecular weight is 223 g/mol. The standard InChI is InChI=1S/C12H21N3O/c1-15-8-7-14-12(15)5-6-13-11-4-2-3-10(11)9-16/h7-8,10-11,13,16H,2-6,9H2,1H3. The number of nitrogens with one attached hydrogen (secondary N) is 1. The lowest BCUT2D eigenvalue weighted by molar-refractivity contribution is 0.206. The lowest BCUT2D eigenvalue weighted by Crippen LogP contribution is -2.35. The summed E-state index contributed by atoms with van der Waals surface area (Å²) >= 11 is 0. The Balaban J connectivity index is 1.74. The topological polar surface area (TPSA) is 50.1 Å². The van der Waals surface area contributed by atoms with Crippen molar-refractivity contribution in [2.75, 3.05) is 13.2 Å². The van der Waals surface area contributed by atoms with Crippen molar-refractivity contribution >= 4 is 0 Å². The zero-order valence-electron chi connectivity index (χ0n) is 9.89. The number of aromatic nitrogens is 2. The molecule has 0 amide bonds. The van der Waals surface area contributed by atoms with Crippen LogP contribution in [0, 0.1) is 5.92 Å². The first-order chi connectivity index (χ1) is 7.81. The highest BCUT2D eigenvalue weighted by atomic mass is 16.3. The van der Waals surface area contributed by atoms with Crippen molar-refractivity contribution < 1.29 is 5.11 Å². The van der Waals surface area contributed by atoms with Crippen LogP contribution < -0.4 is 5.32 Å². The van der Waals surface area contributed by atoms with Crippen molar-refractivity contribution in [2.45, 2.75) is 31.7 Å². The van der Waals surface area contributed by atoms with Gasteiger partial charge >= 0.3 is 0 Å². The summed E-state index contributed by atoms with van der Waals surface area (Å²) in [6, 6.07) is 0.505. The third kappa shape index (κ3) is 2.62. The van der Waals surface area contributed by atoms with Crippen molar-refractivity contribution in [3.05, 3.63) is 18.2 Å². The third-order valence-electron chi connectivity index (χ3n) is 3.57. The Bertz CT molecular complexity index is 324. The second-order valence-corrected chi connectivity index (χ2v) is 4.64. The number of hydrogen-bond donors (Lipinski definition) is 2. The van der Waals surface area contributed by atoms with E-state index in [1.807, 2.05) is 19.4 Å². The maximum atomic E-state index is 9.21. The molecule has 2 unspecified atom stereocenters. The lowest BCUT2D eigenvalue weighted by Gasteiger charge is -2.18. The maximum Gasteiger partial charge on any atom is 0.109 e.